The van der Waals surface area contributed by atoms with Crippen LogP contribution in [0.3, 0.4) is 0 Å². The topological polar surface area (TPSA) is 68.5 Å². The fraction of sp³-hybridized carbons (Fsp3) is 0.467. The molecule has 0 fully saturated rings. The van der Waals surface area contributed by atoms with Gasteiger partial charge in [0.25, 0.3) is 0 Å². The van der Waals surface area contributed by atoms with E-state index in [9.17, 15) is 4.79 Å². The molecule has 0 saturated heterocycles. The molecule has 0 saturated carbocycles. The van der Waals surface area contributed by atoms with Gasteiger partial charge in [-0.25, -0.2) is 9.78 Å². The van der Waals surface area contributed by atoms with Crippen LogP contribution in [0.4, 0.5) is 10.6 Å². The predicted molar refractivity (Wildman–Crippen MR) is 86.2 cm³/mol. The third kappa shape index (κ3) is 6.49. The van der Waals surface area contributed by atoms with E-state index in [4.69, 9.17) is 22.1 Å². The van der Waals surface area contributed by atoms with Gasteiger partial charge >= 0.3 is 6.09 Å². The standard InChI is InChI=1S/C15H22ClN3O2/c1-15(2,3)21-14(20)19(4)8-6-5-7-11-9-12(16)13(17)18-10-11/h5,7,9-10H,6,8H2,1-4H3,(H2,17,18)/b7-5+. The highest BCUT2D eigenvalue weighted by Crippen LogP contribution is 2.17. The second kappa shape index (κ2) is 7.31. The van der Waals surface area contributed by atoms with Crippen molar-refractivity contribution in [2.24, 2.45) is 0 Å². The van der Waals surface area contributed by atoms with Gasteiger partial charge in [0.2, 0.25) is 0 Å². The van der Waals surface area contributed by atoms with Crippen LogP contribution < -0.4 is 5.73 Å². The number of rotatable bonds is 4. The summed E-state index contributed by atoms with van der Waals surface area (Å²) < 4.78 is 5.27. The van der Waals surface area contributed by atoms with E-state index in [1.54, 1.807) is 24.2 Å². The molecule has 0 aliphatic carbocycles. The van der Waals surface area contributed by atoms with Crippen molar-refractivity contribution >= 4 is 29.6 Å². The Morgan fingerprint density at radius 3 is 2.76 bits per heavy atom. The predicted octanol–water partition coefficient (Wildman–Crippen LogP) is 3.59. The molecule has 21 heavy (non-hydrogen) atoms. The Morgan fingerprint density at radius 2 is 2.19 bits per heavy atom. The number of halogens is 1. The maximum absolute atomic E-state index is 11.7. The zero-order valence-electron chi connectivity index (χ0n) is 12.9. The van der Waals surface area contributed by atoms with Gasteiger partial charge in [-0.15, -0.1) is 0 Å². The van der Waals surface area contributed by atoms with Crippen molar-refractivity contribution in [2.75, 3.05) is 19.3 Å². The molecular weight excluding hydrogens is 290 g/mol. The van der Waals surface area contributed by atoms with Gasteiger partial charge in [-0.3, -0.25) is 0 Å². The van der Waals surface area contributed by atoms with E-state index in [0.717, 1.165) is 5.56 Å². The van der Waals surface area contributed by atoms with Crippen LogP contribution in [0.25, 0.3) is 6.08 Å². The fourth-order valence-corrected chi connectivity index (χ4v) is 1.65. The summed E-state index contributed by atoms with van der Waals surface area (Å²) in [5, 5.41) is 0.433. The number of ether oxygens (including phenoxy) is 1. The lowest BCUT2D eigenvalue weighted by atomic mass is 10.2. The monoisotopic (exact) mass is 311 g/mol. The molecule has 1 amide bonds. The van der Waals surface area contributed by atoms with Gasteiger partial charge in [0.1, 0.15) is 11.4 Å². The number of hydrogen-bond donors (Lipinski definition) is 1. The molecule has 0 radical (unpaired) electrons. The molecule has 5 nitrogen and oxygen atoms in total. The Kier molecular flexibility index (Phi) is 6.03. The minimum atomic E-state index is -0.479. The molecule has 116 valence electrons. The summed E-state index contributed by atoms with van der Waals surface area (Å²) in [6, 6.07) is 1.75. The summed E-state index contributed by atoms with van der Waals surface area (Å²) in [5.74, 6) is 0.318. The largest absolute Gasteiger partial charge is 0.444 e. The lowest BCUT2D eigenvalue weighted by Crippen LogP contribution is -2.34. The molecule has 0 atom stereocenters. The second-order valence-corrected chi connectivity index (χ2v) is 6.14. The first-order chi connectivity index (χ1) is 9.69. The van der Waals surface area contributed by atoms with E-state index in [0.29, 0.717) is 23.8 Å². The average molecular weight is 312 g/mol. The SMILES string of the molecule is CN(CC/C=C/c1cnc(N)c(Cl)c1)C(=O)OC(C)(C)C. The normalized spacial score (nSPS) is 11.7. The molecule has 1 heterocycles. The van der Waals surface area contributed by atoms with Gasteiger partial charge in [0.05, 0.1) is 5.02 Å². The van der Waals surface area contributed by atoms with Crippen LogP contribution in [0.5, 0.6) is 0 Å². The summed E-state index contributed by atoms with van der Waals surface area (Å²) in [4.78, 5) is 17.3. The number of carbonyl (C=O) groups excluding carboxylic acids is 1. The van der Waals surface area contributed by atoms with Crippen molar-refractivity contribution in [3.8, 4) is 0 Å². The lowest BCUT2D eigenvalue weighted by Gasteiger charge is -2.24. The van der Waals surface area contributed by atoms with Gasteiger partial charge in [-0.05, 0) is 38.8 Å². The highest BCUT2D eigenvalue weighted by atomic mass is 35.5. The molecule has 1 rings (SSSR count). The molecule has 0 aromatic carbocycles. The van der Waals surface area contributed by atoms with E-state index in [1.165, 1.54) is 0 Å². The van der Waals surface area contributed by atoms with Crippen LogP contribution >= 0.6 is 11.6 Å². The van der Waals surface area contributed by atoms with E-state index < -0.39 is 5.60 Å². The number of nitrogens with two attached hydrogens (primary N) is 1. The average Bonchev–Trinajstić information content (AvgIpc) is 2.36. The highest BCUT2D eigenvalue weighted by molar-refractivity contribution is 6.32. The Hall–Kier alpha value is -1.75. The number of pyridine rings is 1. The number of aromatic nitrogens is 1. The molecule has 1 aromatic rings. The number of nitrogen functional groups attached to an aromatic ring is 1. The summed E-state index contributed by atoms with van der Waals surface area (Å²) in [6.45, 7) is 6.10. The second-order valence-electron chi connectivity index (χ2n) is 5.73. The molecule has 0 bridgehead atoms. The first kappa shape index (κ1) is 17.3. The highest BCUT2D eigenvalue weighted by Gasteiger charge is 2.18. The lowest BCUT2D eigenvalue weighted by molar-refractivity contribution is 0.0302. The number of hydrogen-bond acceptors (Lipinski definition) is 4. The van der Waals surface area contributed by atoms with Gasteiger partial charge < -0.3 is 15.4 Å². The van der Waals surface area contributed by atoms with Crippen LogP contribution in [0.2, 0.25) is 5.02 Å². The molecule has 1 aromatic heterocycles. The van der Waals surface area contributed by atoms with Crippen molar-refractivity contribution in [1.29, 1.82) is 0 Å². The molecule has 6 heteroatoms. The van der Waals surface area contributed by atoms with Crippen LogP contribution in [0, 0.1) is 0 Å². The number of carbonyl (C=O) groups is 1. The van der Waals surface area contributed by atoms with Crippen molar-refractivity contribution in [3.05, 3.63) is 28.9 Å². The van der Waals surface area contributed by atoms with Crippen LogP contribution in [0.1, 0.15) is 32.8 Å². The first-order valence-corrected chi connectivity index (χ1v) is 7.08. The number of anilines is 1. The number of nitrogens with zero attached hydrogens (tertiary/aromatic N) is 2. The molecule has 0 unspecified atom stereocenters. The fourth-order valence-electron chi connectivity index (χ4n) is 1.47. The Bertz CT molecular complexity index is 524. The summed E-state index contributed by atoms with van der Waals surface area (Å²) in [7, 11) is 1.71. The van der Waals surface area contributed by atoms with E-state index >= 15 is 0 Å². The third-order valence-corrected chi connectivity index (χ3v) is 2.84. The molecule has 0 spiro atoms. The van der Waals surface area contributed by atoms with Gasteiger partial charge in [-0.2, -0.15) is 0 Å². The van der Waals surface area contributed by atoms with Gasteiger partial charge in [-0.1, -0.05) is 23.8 Å². The number of amides is 1. The maximum Gasteiger partial charge on any atom is 0.410 e. The van der Waals surface area contributed by atoms with Crippen LogP contribution in [-0.2, 0) is 4.74 Å². The van der Waals surface area contributed by atoms with Crippen LogP contribution in [-0.4, -0.2) is 35.2 Å². The van der Waals surface area contributed by atoms with E-state index in [1.807, 2.05) is 32.9 Å². The zero-order valence-corrected chi connectivity index (χ0v) is 13.6. The molecular formula is C15H22ClN3O2. The van der Waals surface area contributed by atoms with E-state index in [2.05, 4.69) is 4.98 Å². The Balaban J connectivity index is 2.43. The molecule has 0 aliphatic heterocycles. The molecule has 0 aliphatic rings. The van der Waals surface area contributed by atoms with Gasteiger partial charge in [0.15, 0.2) is 0 Å². The van der Waals surface area contributed by atoms with Crippen LogP contribution in [0.15, 0.2) is 18.3 Å². The first-order valence-electron chi connectivity index (χ1n) is 6.71. The summed E-state index contributed by atoms with van der Waals surface area (Å²) >= 11 is 5.89. The Morgan fingerprint density at radius 1 is 1.52 bits per heavy atom. The summed E-state index contributed by atoms with van der Waals surface area (Å²) in [6.07, 6.45) is 5.87. The smallest absolute Gasteiger partial charge is 0.410 e. The zero-order chi connectivity index (χ0) is 16.0. The minimum Gasteiger partial charge on any atom is -0.444 e. The quantitative estimate of drug-likeness (QED) is 0.922. The van der Waals surface area contributed by atoms with Crippen molar-refractivity contribution in [3.63, 3.8) is 0 Å². The molecule has 2 N–H and O–H groups in total. The Labute approximate surface area is 130 Å². The minimum absolute atomic E-state index is 0.318. The third-order valence-electron chi connectivity index (χ3n) is 2.54. The van der Waals surface area contributed by atoms with Crippen molar-refractivity contribution in [2.45, 2.75) is 32.8 Å². The van der Waals surface area contributed by atoms with E-state index in [-0.39, 0.29) is 6.09 Å². The maximum atomic E-state index is 11.7. The summed E-state index contributed by atoms with van der Waals surface area (Å²) in [5.41, 5.74) is 5.93. The van der Waals surface area contributed by atoms with Crippen molar-refractivity contribution in [1.82, 2.24) is 9.88 Å². The van der Waals surface area contributed by atoms with Gasteiger partial charge in [0, 0.05) is 19.8 Å². The van der Waals surface area contributed by atoms with Crippen molar-refractivity contribution < 1.29 is 9.53 Å².